The van der Waals surface area contributed by atoms with Crippen LogP contribution in [-0.2, 0) is 16.0 Å². The van der Waals surface area contributed by atoms with Crippen LogP contribution in [0.2, 0.25) is 0 Å². The van der Waals surface area contributed by atoms with Gasteiger partial charge in [0.05, 0.1) is 32.0 Å². The Hall–Kier alpha value is -2.48. The maximum atomic E-state index is 13.9. The molecular formula is C22H26FN3O3. The molecule has 1 atom stereocenters. The highest BCUT2D eigenvalue weighted by Gasteiger charge is 2.42. The number of ether oxygens (including phenoxy) is 2. The highest BCUT2D eigenvalue weighted by atomic mass is 19.1. The predicted molar refractivity (Wildman–Crippen MR) is 108 cm³/mol. The lowest BCUT2D eigenvalue weighted by Crippen LogP contribution is -2.59. The van der Waals surface area contributed by atoms with Crippen LogP contribution in [0.15, 0.2) is 54.6 Å². The summed E-state index contributed by atoms with van der Waals surface area (Å²) in [6.07, 6.45) is 0.902. The van der Waals surface area contributed by atoms with E-state index in [0.29, 0.717) is 32.8 Å². The van der Waals surface area contributed by atoms with Gasteiger partial charge in [-0.05, 0) is 24.1 Å². The molecule has 2 saturated heterocycles. The van der Waals surface area contributed by atoms with Gasteiger partial charge >= 0.3 is 6.03 Å². The summed E-state index contributed by atoms with van der Waals surface area (Å²) in [6, 6.07) is 16.1. The Morgan fingerprint density at radius 2 is 1.76 bits per heavy atom. The summed E-state index contributed by atoms with van der Waals surface area (Å²) >= 11 is 0. The van der Waals surface area contributed by atoms with Crippen molar-refractivity contribution >= 4 is 11.7 Å². The van der Waals surface area contributed by atoms with Gasteiger partial charge in [0.25, 0.3) is 0 Å². The standard InChI is InChI=1S/C22H26FN3O3/c23-19-9-4-5-10-20(19)24-21(27)26-12-14-29-22(17-26)16-25(11-6-13-28-22)15-18-7-2-1-3-8-18/h1-5,7-10H,6,11-17H2,(H,24,27). The van der Waals surface area contributed by atoms with E-state index < -0.39 is 11.6 Å². The number of nitrogens with zero attached hydrogens (tertiary/aromatic N) is 2. The number of anilines is 1. The number of urea groups is 1. The Kier molecular flexibility index (Phi) is 6.08. The maximum Gasteiger partial charge on any atom is 0.322 e. The van der Waals surface area contributed by atoms with Crippen LogP contribution in [0.4, 0.5) is 14.9 Å². The Bertz CT molecular complexity index is 835. The summed E-state index contributed by atoms with van der Waals surface area (Å²) in [5, 5.41) is 2.66. The van der Waals surface area contributed by atoms with E-state index >= 15 is 0 Å². The minimum absolute atomic E-state index is 0.172. The van der Waals surface area contributed by atoms with Gasteiger partial charge in [-0.15, -0.1) is 0 Å². The number of carbonyl (C=O) groups excluding carboxylic acids is 1. The molecule has 0 aliphatic carbocycles. The third kappa shape index (κ3) is 4.93. The summed E-state index contributed by atoms with van der Waals surface area (Å²) < 4.78 is 26.0. The van der Waals surface area contributed by atoms with Crippen LogP contribution in [-0.4, -0.2) is 61.0 Å². The number of para-hydroxylation sites is 1. The number of halogens is 1. The molecule has 0 aromatic heterocycles. The van der Waals surface area contributed by atoms with Crippen LogP contribution < -0.4 is 5.32 Å². The molecule has 154 valence electrons. The van der Waals surface area contributed by atoms with Crippen molar-refractivity contribution < 1.29 is 18.7 Å². The zero-order chi connectivity index (χ0) is 20.1. The van der Waals surface area contributed by atoms with Gasteiger partial charge < -0.3 is 19.7 Å². The number of amides is 2. The molecule has 0 saturated carbocycles. The Morgan fingerprint density at radius 3 is 2.59 bits per heavy atom. The fourth-order valence-corrected chi connectivity index (χ4v) is 3.86. The van der Waals surface area contributed by atoms with Gasteiger partial charge in [-0.2, -0.15) is 0 Å². The molecular weight excluding hydrogens is 373 g/mol. The molecule has 7 heteroatoms. The highest BCUT2D eigenvalue weighted by Crippen LogP contribution is 2.26. The second-order valence-electron chi connectivity index (χ2n) is 7.49. The monoisotopic (exact) mass is 399 g/mol. The smallest absolute Gasteiger partial charge is 0.322 e. The fraction of sp³-hybridized carbons (Fsp3) is 0.409. The van der Waals surface area contributed by atoms with Crippen molar-refractivity contribution in [2.75, 3.05) is 44.7 Å². The van der Waals surface area contributed by atoms with Gasteiger partial charge in [0.1, 0.15) is 5.82 Å². The van der Waals surface area contributed by atoms with E-state index in [4.69, 9.17) is 9.47 Å². The molecule has 1 spiro atoms. The second-order valence-corrected chi connectivity index (χ2v) is 7.49. The molecule has 2 amide bonds. The molecule has 1 unspecified atom stereocenters. The first kappa shape index (κ1) is 19.8. The van der Waals surface area contributed by atoms with Gasteiger partial charge in [0.15, 0.2) is 5.79 Å². The van der Waals surface area contributed by atoms with Crippen LogP contribution in [0.5, 0.6) is 0 Å². The Labute approximate surface area is 170 Å². The van der Waals surface area contributed by atoms with Crippen LogP contribution in [0.1, 0.15) is 12.0 Å². The molecule has 2 aliphatic rings. The molecule has 0 radical (unpaired) electrons. The molecule has 2 fully saturated rings. The Morgan fingerprint density at radius 1 is 1.00 bits per heavy atom. The van der Waals surface area contributed by atoms with Crippen LogP contribution >= 0.6 is 0 Å². The number of hydrogen-bond acceptors (Lipinski definition) is 4. The van der Waals surface area contributed by atoms with Crippen molar-refractivity contribution in [1.82, 2.24) is 9.80 Å². The summed E-state index contributed by atoms with van der Waals surface area (Å²) in [5.41, 5.74) is 1.40. The first-order valence-corrected chi connectivity index (χ1v) is 9.98. The van der Waals surface area contributed by atoms with Gasteiger partial charge in [0.2, 0.25) is 0 Å². The molecule has 2 aliphatic heterocycles. The zero-order valence-electron chi connectivity index (χ0n) is 16.4. The molecule has 1 N–H and O–H groups in total. The van der Waals surface area contributed by atoms with Crippen LogP contribution in [0.3, 0.4) is 0 Å². The SMILES string of the molecule is O=C(Nc1ccccc1F)N1CCOC2(CN(Cc3ccccc3)CCCO2)C1. The molecule has 2 aromatic carbocycles. The molecule has 4 rings (SSSR count). The lowest BCUT2D eigenvalue weighted by atomic mass is 10.1. The highest BCUT2D eigenvalue weighted by molar-refractivity contribution is 5.89. The van der Waals surface area contributed by atoms with Crippen molar-refractivity contribution in [3.8, 4) is 0 Å². The number of nitrogens with one attached hydrogen (secondary N) is 1. The maximum absolute atomic E-state index is 13.9. The van der Waals surface area contributed by atoms with Crippen molar-refractivity contribution in [3.05, 3.63) is 66.0 Å². The van der Waals surface area contributed by atoms with E-state index in [1.165, 1.54) is 11.6 Å². The largest absolute Gasteiger partial charge is 0.347 e. The third-order valence-electron chi connectivity index (χ3n) is 5.26. The summed E-state index contributed by atoms with van der Waals surface area (Å²) in [6.45, 7) is 3.98. The van der Waals surface area contributed by atoms with E-state index in [1.54, 1.807) is 23.1 Å². The van der Waals surface area contributed by atoms with Gasteiger partial charge in [-0.1, -0.05) is 42.5 Å². The average Bonchev–Trinajstić information content (AvgIpc) is 2.92. The molecule has 2 heterocycles. The van der Waals surface area contributed by atoms with E-state index in [-0.39, 0.29) is 11.7 Å². The van der Waals surface area contributed by atoms with E-state index in [1.807, 2.05) is 18.2 Å². The lowest BCUT2D eigenvalue weighted by molar-refractivity contribution is -0.260. The number of carbonyl (C=O) groups is 1. The van der Waals surface area contributed by atoms with Gasteiger partial charge in [-0.3, -0.25) is 4.90 Å². The summed E-state index contributed by atoms with van der Waals surface area (Å²) in [5.74, 6) is -1.32. The quantitative estimate of drug-likeness (QED) is 0.861. The van der Waals surface area contributed by atoms with Crippen molar-refractivity contribution in [1.29, 1.82) is 0 Å². The van der Waals surface area contributed by atoms with Crippen molar-refractivity contribution in [2.24, 2.45) is 0 Å². The molecule has 29 heavy (non-hydrogen) atoms. The van der Waals surface area contributed by atoms with E-state index in [0.717, 1.165) is 19.5 Å². The first-order valence-electron chi connectivity index (χ1n) is 9.98. The fourth-order valence-electron chi connectivity index (χ4n) is 3.86. The average molecular weight is 399 g/mol. The zero-order valence-corrected chi connectivity index (χ0v) is 16.4. The van der Waals surface area contributed by atoms with Crippen LogP contribution in [0, 0.1) is 5.82 Å². The van der Waals surface area contributed by atoms with Crippen molar-refractivity contribution in [2.45, 2.75) is 18.8 Å². The minimum atomic E-state index is -0.865. The third-order valence-corrected chi connectivity index (χ3v) is 5.26. The van der Waals surface area contributed by atoms with Gasteiger partial charge in [0, 0.05) is 19.6 Å². The summed E-state index contributed by atoms with van der Waals surface area (Å²) in [4.78, 5) is 16.7. The van der Waals surface area contributed by atoms with Gasteiger partial charge in [-0.25, -0.2) is 9.18 Å². The van der Waals surface area contributed by atoms with E-state index in [2.05, 4.69) is 22.3 Å². The molecule has 0 bridgehead atoms. The lowest BCUT2D eigenvalue weighted by Gasteiger charge is -2.43. The normalized spacial score (nSPS) is 23.0. The number of hydrogen-bond donors (Lipinski definition) is 1. The number of benzene rings is 2. The summed E-state index contributed by atoms with van der Waals surface area (Å²) in [7, 11) is 0. The van der Waals surface area contributed by atoms with E-state index in [9.17, 15) is 9.18 Å². The number of rotatable bonds is 3. The first-order chi connectivity index (χ1) is 14.1. The predicted octanol–water partition coefficient (Wildman–Crippen LogP) is 3.31. The van der Waals surface area contributed by atoms with Crippen LogP contribution in [0.25, 0.3) is 0 Å². The number of morpholine rings is 1. The second kappa shape index (κ2) is 8.90. The minimum Gasteiger partial charge on any atom is -0.347 e. The Balaban J connectivity index is 1.43. The topological polar surface area (TPSA) is 54.0 Å². The van der Waals surface area contributed by atoms with Crippen molar-refractivity contribution in [3.63, 3.8) is 0 Å². The molecule has 2 aromatic rings. The molecule has 6 nitrogen and oxygen atoms in total.